The van der Waals surface area contributed by atoms with Gasteiger partial charge in [0.05, 0.1) is 11.0 Å². The van der Waals surface area contributed by atoms with Gasteiger partial charge in [-0.15, -0.1) is 0 Å². The first-order valence-electron chi connectivity index (χ1n) is 30.8. The summed E-state index contributed by atoms with van der Waals surface area (Å²) >= 11 is 0. The van der Waals surface area contributed by atoms with Gasteiger partial charge in [0.25, 0.3) is 6.71 Å². The van der Waals surface area contributed by atoms with Crippen LogP contribution in [0.5, 0.6) is 0 Å². The molecule has 0 unspecified atom stereocenters. The van der Waals surface area contributed by atoms with Gasteiger partial charge in [-0.25, -0.2) is 15.0 Å². The number of aromatic nitrogens is 5. The first kappa shape index (κ1) is 54.7. The summed E-state index contributed by atoms with van der Waals surface area (Å²) in [5.41, 5.74) is 23.4. The maximum absolute atomic E-state index is 5.59. The molecule has 11 aromatic rings. The summed E-state index contributed by atoms with van der Waals surface area (Å²) < 4.78 is 5.24. The first-order valence-corrected chi connectivity index (χ1v) is 30.8. The summed E-state index contributed by atoms with van der Waals surface area (Å²) in [6.45, 7) is 34.9. The Hall–Kier alpha value is -7.57. The smallest absolute Gasteiger partial charge is 0.252 e. The van der Waals surface area contributed by atoms with Gasteiger partial charge in [0, 0.05) is 60.5 Å². The van der Waals surface area contributed by atoms with Crippen LogP contribution in [-0.2, 0) is 39.9 Å². The summed E-state index contributed by atoms with van der Waals surface area (Å²) in [5.74, 6) is 2.13. The van der Waals surface area contributed by atoms with Gasteiger partial charge in [0.1, 0.15) is 5.82 Å². The first-order chi connectivity index (χ1) is 39.3. The zero-order valence-corrected chi connectivity index (χ0v) is 52.0. The lowest BCUT2D eigenvalue weighted by atomic mass is 9.34. The molecule has 5 heterocycles. The van der Waals surface area contributed by atoms with Crippen LogP contribution in [0.2, 0.25) is 0 Å². The molecule has 0 atom stereocenters. The molecule has 3 aromatic heterocycles. The second-order valence-electron chi connectivity index (χ2n) is 29.7. The van der Waals surface area contributed by atoms with Crippen LogP contribution >= 0.6 is 0 Å². The van der Waals surface area contributed by atoms with Crippen molar-refractivity contribution in [2.75, 3.05) is 0 Å². The second-order valence-corrected chi connectivity index (χ2v) is 29.7. The number of rotatable bonds is 10. The molecule has 8 aromatic carbocycles. The van der Waals surface area contributed by atoms with Crippen LogP contribution < -0.4 is 16.4 Å². The maximum atomic E-state index is 5.59. The van der Waals surface area contributed by atoms with E-state index in [-0.39, 0.29) is 33.8 Å². The molecule has 0 N–H and O–H groups in total. The SMILES string of the molecule is CC(C)(C)c1ccc2c(c1)c1cc(C(C)(C)C)cc3c1n2-c1cc(-c2nc(-c4cccc(-c5cccc(CCCCCCc6ccccc6)c5)c4)nc(C(C)(C)C)n2)cc2c1B3c1cc(C(C)(C)C)cc3c4cc(C(C)(C)C)ccc4n-2c13. The van der Waals surface area contributed by atoms with Crippen molar-refractivity contribution in [3.63, 3.8) is 0 Å². The average Bonchev–Trinajstić information content (AvgIpc) is 1.69. The van der Waals surface area contributed by atoms with Gasteiger partial charge in [0.15, 0.2) is 11.6 Å². The van der Waals surface area contributed by atoms with Crippen molar-refractivity contribution < 1.29 is 0 Å². The molecule has 418 valence electrons. The van der Waals surface area contributed by atoms with Crippen LogP contribution in [-0.4, -0.2) is 30.8 Å². The Kier molecular flexibility index (Phi) is 12.9. The Balaban J connectivity index is 1.02. The summed E-state index contributed by atoms with van der Waals surface area (Å²) in [4.78, 5) is 16.5. The van der Waals surface area contributed by atoms with Gasteiger partial charge in [-0.2, -0.15) is 0 Å². The number of fused-ring (bicyclic) bond motifs is 10. The van der Waals surface area contributed by atoms with Crippen LogP contribution in [0.25, 0.3) is 88.9 Å². The molecular formula is C77H82BN5. The van der Waals surface area contributed by atoms with Gasteiger partial charge < -0.3 is 9.13 Å². The van der Waals surface area contributed by atoms with E-state index in [4.69, 9.17) is 15.0 Å². The second kappa shape index (κ2) is 19.5. The minimum absolute atomic E-state index is 0.0269. The summed E-state index contributed by atoms with van der Waals surface area (Å²) in [6.07, 6.45) is 7.15. The van der Waals surface area contributed by atoms with E-state index in [1.54, 1.807) is 0 Å². The third-order valence-corrected chi connectivity index (χ3v) is 18.2. The lowest BCUT2D eigenvalue weighted by molar-refractivity contribution is 0.543. The Labute approximate surface area is 493 Å². The number of hydrogen-bond acceptors (Lipinski definition) is 3. The standard InChI is InChI=1S/C77H82BN5/c1-73(2,3)53-33-35-63-57(41-53)59-43-55(75(7,8)9)45-61-68(59)82(63)65-39-52(40-66-67(65)78(61)62-46-56(76(10,11)12)44-60-58-42-54(74(4,5)6)34-36-64(58)83(66)69(60)62)71-79-70(80-72(81-71)77(13,14)15)51-32-24-31-50(38-51)49-30-23-29-48(37-49)28-20-17-16-19-25-47-26-21-18-22-27-47/h18,21-24,26-27,29-46H,16-17,19-20,25,28H2,1-15H3. The summed E-state index contributed by atoms with van der Waals surface area (Å²) in [5, 5.41) is 5.21. The molecule has 0 bridgehead atoms. The fraction of sp³-hybridized carbons (Fsp3) is 0.338. The molecule has 0 fully saturated rings. The van der Waals surface area contributed by atoms with Crippen LogP contribution in [0.15, 0.2) is 152 Å². The van der Waals surface area contributed by atoms with Crippen molar-refractivity contribution in [3.8, 4) is 45.3 Å². The van der Waals surface area contributed by atoms with Crippen molar-refractivity contribution in [2.45, 2.75) is 169 Å². The Morgan fingerprint density at radius 1 is 0.349 bits per heavy atom. The van der Waals surface area contributed by atoms with E-state index < -0.39 is 0 Å². The Morgan fingerprint density at radius 2 is 0.795 bits per heavy atom. The molecule has 0 amide bonds. The fourth-order valence-electron chi connectivity index (χ4n) is 13.4. The molecule has 0 radical (unpaired) electrons. The molecule has 6 heteroatoms. The average molecular weight is 1090 g/mol. The number of hydrogen-bond donors (Lipinski definition) is 0. The van der Waals surface area contributed by atoms with Gasteiger partial charge in [0.2, 0.25) is 0 Å². The molecular weight excluding hydrogens is 1010 g/mol. The normalized spacial score (nSPS) is 13.5. The molecule has 0 aliphatic carbocycles. The van der Waals surface area contributed by atoms with Gasteiger partial charge >= 0.3 is 0 Å². The van der Waals surface area contributed by atoms with E-state index in [9.17, 15) is 0 Å². The predicted octanol–water partition coefficient (Wildman–Crippen LogP) is 18.0. The number of aryl methyl sites for hydroxylation is 2. The van der Waals surface area contributed by atoms with E-state index in [0.29, 0.717) is 11.6 Å². The highest BCUT2D eigenvalue weighted by Gasteiger charge is 2.43. The van der Waals surface area contributed by atoms with Crippen molar-refractivity contribution in [1.82, 2.24) is 24.1 Å². The predicted molar refractivity (Wildman–Crippen MR) is 355 cm³/mol. The lowest BCUT2D eigenvalue weighted by Crippen LogP contribution is -2.59. The van der Waals surface area contributed by atoms with Crippen molar-refractivity contribution in [1.29, 1.82) is 0 Å². The maximum Gasteiger partial charge on any atom is 0.252 e. The van der Waals surface area contributed by atoms with Crippen molar-refractivity contribution in [2.24, 2.45) is 0 Å². The molecule has 2 aliphatic heterocycles. The lowest BCUT2D eigenvalue weighted by Gasteiger charge is -2.35. The third-order valence-electron chi connectivity index (χ3n) is 18.2. The molecule has 13 rings (SSSR count). The van der Waals surface area contributed by atoms with Crippen molar-refractivity contribution >= 4 is 66.7 Å². The van der Waals surface area contributed by atoms with E-state index in [0.717, 1.165) is 35.4 Å². The van der Waals surface area contributed by atoms with Crippen LogP contribution in [0.4, 0.5) is 0 Å². The highest BCUT2D eigenvalue weighted by molar-refractivity contribution is 7.00. The largest absolute Gasteiger partial charge is 0.310 e. The summed E-state index contributed by atoms with van der Waals surface area (Å²) in [6, 6.07) is 58.4. The molecule has 0 spiro atoms. The molecule has 5 nitrogen and oxygen atoms in total. The number of unbranched alkanes of at least 4 members (excludes halogenated alkanes) is 3. The van der Waals surface area contributed by atoms with E-state index in [2.05, 4.69) is 265 Å². The molecule has 83 heavy (non-hydrogen) atoms. The number of nitrogens with zero attached hydrogens (tertiary/aromatic N) is 5. The highest BCUT2D eigenvalue weighted by atomic mass is 15.1. The van der Waals surface area contributed by atoms with Crippen molar-refractivity contribution in [3.05, 3.63) is 191 Å². The van der Waals surface area contributed by atoms with Crippen LogP contribution in [0.1, 0.15) is 169 Å². The molecule has 0 saturated heterocycles. The van der Waals surface area contributed by atoms with Crippen LogP contribution in [0.3, 0.4) is 0 Å². The zero-order chi connectivity index (χ0) is 58.3. The van der Waals surface area contributed by atoms with E-state index in [1.807, 2.05) is 0 Å². The minimum Gasteiger partial charge on any atom is -0.310 e. The van der Waals surface area contributed by atoms with Gasteiger partial charge in [-0.05, 0) is 163 Å². The summed E-state index contributed by atoms with van der Waals surface area (Å²) in [7, 11) is 0. The molecule has 2 aliphatic rings. The van der Waals surface area contributed by atoms with E-state index in [1.165, 1.54) is 136 Å². The fourth-order valence-corrected chi connectivity index (χ4v) is 13.4. The third kappa shape index (κ3) is 9.63. The minimum atomic E-state index is -0.359. The topological polar surface area (TPSA) is 48.5 Å². The number of benzene rings is 8. The van der Waals surface area contributed by atoms with E-state index >= 15 is 0 Å². The monoisotopic (exact) mass is 1090 g/mol. The Bertz CT molecular complexity index is 4220. The molecule has 0 saturated carbocycles. The van der Waals surface area contributed by atoms with Gasteiger partial charge in [-0.1, -0.05) is 214 Å². The van der Waals surface area contributed by atoms with Gasteiger partial charge in [-0.3, -0.25) is 0 Å². The van der Waals surface area contributed by atoms with Crippen LogP contribution in [0, 0.1) is 0 Å². The highest BCUT2D eigenvalue weighted by Crippen LogP contribution is 2.45. The quantitative estimate of drug-likeness (QED) is 0.101. The zero-order valence-electron chi connectivity index (χ0n) is 52.0. The Morgan fingerprint density at radius 3 is 1.30 bits per heavy atom.